The number of benzene rings is 1. The van der Waals surface area contributed by atoms with E-state index in [0.29, 0.717) is 26.4 Å². The summed E-state index contributed by atoms with van der Waals surface area (Å²) >= 11 is 0. The molecule has 0 amide bonds. The third-order valence-corrected chi connectivity index (χ3v) is 2.81. The maximum atomic E-state index is 6.24. The Kier molecular flexibility index (Phi) is 3.54. The minimum Gasteiger partial charge on any atom is -0.486 e. The molecule has 1 aliphatic rings. The summed E-state index contributed by atoms with van der Waals surface area (Å²) in [5.41, 5.74) is 6.72. The van der Waals surface area contributed by atoms with Gasteiger partial charge in [0, 0.05) is 6.61 Å². The number of hydrogen-bond donors (Lipinski definition) is 1. The quantitative estimate of drug-likeness (QED) is 0.865. The molecule has 0 spiro atoms. The van der Waals surface area contributed by atoms with E-state index < -0.39 is 5.54 Å². The number of nitrogens with two attached hydrogens (primary N) is 1. The van der Waals surface area contributed by atoms with E-state index in [1.54, 1.807) is 0 Å². The Hall–Kier alpha value is -1.26. The van der Waals surface area contributed by atoms with Crippen molar-refractivity contribution in [3.05, 3.63) is 23.8 Å². The van der Waals surface area contributed by atoms with E-state index in [9.17, 15) is 0 Å². The molecule has 2 rings (SSSR count). The number of rotatable bonds is 4. The fraction of sp³-hybridized carbons (Fsp3) is 0.538. The smallest absolute Gasteiger partial charge is 0.161 e. The van der Waals surface area contributed by atoms with Crippen LogP contribution < -0.4 is 15.2 Å². The Morgan fingerprint density at radius 3 is 2.71 bits per heavy atom. The Morgan fingerprint density at radius 1 is 1.29 bits per heavy atom. The average Bonchev–Trinajstić information content (AvgIpc) is 2.36. The standard InChI is InChI=1S/C13H19NO3/c1-3-15-9-13(2,14)10-4-5-11-12(8-10)17-7-6-16-11/h4-5,8H,3,6-7,9,14H2,1-2H3. The van der Waals surface area contributed by atoms with Crippen molar-refractivity contribution in [2.24, 2.45) is 5.73 Å². The summed E-state index contributed by atoms with van der Waals surface area (Å²) in [6, 6.07) is 5.81. The van der Waals surface area contributed by atoms with Gasteiger partial charge < -0.3 is 19.9 Å². The molecule has 1 heterocycles. The van der Waals surface area contributed by atoms with E-state index in [0.717, 1.165) is 17.1 Å². The first-order valence-corrected chi connectivity index (χ1v) is 5.90. The van der Waals surface area contributed by atoms with Gasteiger partial charge in [-0.15, -0.1) is 0 Å². The third-order valence-electron chi connectivity index (χ3n) is 2.81. The van der Waals surface area contributed by atoms with Crippen LogP contribution in [-0.2, 0) is 10.3 Å². The first-order valence-electron chi connectivity index (χ1n) is 5.90. The van der Waals surface area contributed by atoms with Crippen molar-refractivity contribution < 1.29 is 14.2 Å². The van der Waals surface area contributed by atoms with Crippen molar-refractivity contribution in [1.82, 2.24) is 0 Å². The monoisotopic (exact) mass is 237 g/mol. The molecule has 0 saturated carbocycles. The summed E-state index contributed by atoms with van der Waals surface area (Å²) < 4.78 is 16.4. The van der Waals surface area contributed by atoms with E-state index in [1.165, 1.54) is 0 Å². The number of ether oxygens (including phenoxy) is 3. The van der Waals surface area contributed by atoms with Crippen LogP contribution in [0.5, 0.6) is 11.5 Å². The highest BCUT2D eigenvalue weighted by Crippen LogP contribution is 2.33. The lowest BCUT2D eigenvalue weighted by Gasteiger charge is -2.27. The Balaban J connectivity index is 2.20. The summed E-state index contributed by atoms with van der Waals surface area (Å²) in [5, 5.41) is 0. The predicted octanol–water partition coefficient (Wildman–Crippen LogP) is 1.67. The van der Waals surface area contributed by atoms with Crippen LogP contribution in [0, 0.1) is 0 Å². The molecule has 0 aliphatic carbocycles. The van der Waals surface area contributed by atoms with Crippen LogP contribution >= 0.6 is 0 Å². The molecular weight excluding hydrogens is 218 g/mol. The summed E-state index contributed by atoms with van der Waals surface area (Å²) in [6.45, 7) is 6.25. The molecule has 94 valence electrons. The van der Waals surface area contributed by atoms with E-state index >= 15 is 0 Å². The van der Waals surface area contributed by atoms with Crippen molar-refractivity contribution >= 4 is 0 Å². The topological polar surface area (TPSA) is 53.7 Å². The SMILES string of the molecule is CCOCC(C)(N)c1ccc2c(c1)OCCO2. The van der Waals surface area contributed by atoms with E-state index in [2.05, 4.69) is 0 Å². The van der Waals surface area contributed by atoms with Gasteiger partial charge in [-0.1, -0.05) is 6.07 Å². The predicted molar refractivity (Wildman–Crippen MR) is 65.5 cm³/mol. The molecule has 1 aliphatic heterocycles. The molecule has 0 radical (unpaired) electrons. The lowest BCUT2D eigenvalue weighted by atomic mass is 9.94. The lowest BCUT2D eigenvalue weighted by Crippen LogP contribution is -2.38. The van der Waals surface area contributed by atoms with Crippen molar-refractivity contribution in [1.29, 1.82) is 0 Å². The Morgan fingerprint density at radius 2 is 2.00 bits per heavy atom. The average molecular weight is 237 g/mol. The summed E-state index contributed by atoms with van der Waals surface area (Å²) in [6.07, 6.45) is 0. The third kappa shape index (κ3) is 2.70. The summed E-state index contributed by atoms with van der Waals surface area (Å²) in [5.74, 6) is 1.55. The molecule has 0 saturated heterocycles. The van der Waals surface area contributed by atoms with Gasteiger partial charge in [0.2, 0.25) is 0 Å². The zero-order chi connectivity index (χ0) is 12.3. The maximum Gasteiger partial charge on any atom is 0.161 e. The van der Waals surface area contributed by atoms with Gasteiger partial charge in [-0.3, -0.25) is 0 Å². The van der Waals surface area contributed by atoms with Crippen LogP contribution in [-0.4, -0.2) is 26.4 Å². The Bertz CT molecular complexity index is 390. The van der Waals surface area contributed by atoms with Gasteiger partial charge in [-0.25, -0.2) is 0 Å². The molecule has 4 nitrogen and oxygen atoms in total. The zero-order valence-corrected chi connectivity index (χ0v) is 10.4. The van der Waals surface area contributed by atoms with Crippen LogP contribution in [0.1, 0.15) is 19.4 Å². The molecule has 1 aromatic carbocycles. The van der Waals surface area contributed by atoms with Gasteiger partial charge in [0.25, 0.3) is 0 Å². The van der Waals surface area contributed by atoms with Gasteiger partial charge >= 0.3 is 0 Å². The van der Waals surface area contributed by atoms with Crippen LogP contribution in [0.3, 0.4) is 0 Å². The molecule has 1 aromatic rings. The fourth-order valence-electron chi connectivity index (χ4n) is 1.80. The van der Waals surface area contributed by atoms with Crippen LogP contribution in [0.4, 0.5) is 0 Å². The van der Waals surface area contributed by atoms with E-state index in [4.69, 9.17) is 19.9 Å². The molecule has 1 atom stereocenters. The van der Waals surface area contributed by atoms with Crippen molar-refractivity contribution in [3.8, 4) is 11.5 Å². The highest BCUT2D eigenvalue weighted by molar-refractivity contribution is 5.45. The molecular formula is C13H19NO3. The Labute approximate surface area is 102 Å². The molecule has 17 heavy (non-hydrogen) atoms. The summed E-state index contributed by atoms with van der Waals surface area (Å²) in [7, 11) is 0. The first kappa shape index (κ1) is 12.2. The van der Waals surface area contributed by atoms with E-state index in [1.807, 2.05) is 32.0 Å². The molecule has 1 unspecified atom stereocenters. The second-order valence-corrected chi connectivity index (χ2v) is 4.41. The van der Waals surface area contributed by atoms with Gasteiger partial charge in [-0.05, 0) is 31.5 Å². The molecule has 0 bridgehead atoms. The molecule has 4 heteroatoms. The largest absolute Gasteiger partial charge is 0.486 e. The van der Waals surface area contributed by atoms with Crippen LogP contribution in [0.2, 0.25) is 0 Å². The zero-order valence-electron chi connectivity index (χ0n) is 10.4. The number of fused-ring (bicyclic) bond motifs is 1. The highest BCUT2D eigenvalue weighted by atomic mass is 16.6. The second kappa shape index (κ2) is 4.94. The minimum absolute atomic E-state index is 0.489. The van der Waals surface area contributed by atoms with Gasteiger partial charge in [-0.2, -0.15) is 0 Å². The van der Waals surface area contributed by atoms with Gasteiger partial charge in [0.1, 0.15) is 13.2 Å². The first-order chi connectivity index (χ1) is 8.13. The van der Waals surface area contributed by atoms with Crippen molar-refractivity contribution in [2.45, 2.75) is 19.4 Å². The maximum absolute atomic E-state index is 6.24. The molecule has 0 aromatic heterocycles. The summed E-state index contributed by atoms with van der Waals surface area (Å²) in [4.78, 5) is 0. The van der Waals surface area contributed by atoms with Crippen molar-refractivity contribution in [3.63, 3.8) is 0 Å². The highest BCUT2D eigenvalue weighted by Gasteiger charge is 2.24. The molecule has 0 fully saturated rings. The van der Waals surface area contributed by atoms with E-state index in [-0.39, 0.29) is 0 Å². The second-order valence-electron chi connectivity index (χ2n) is 4.41. The van der Waals surface area contributed by atoms with Crippen LogP contribution in [0.25, 0.3) is 0 Å². The minimum atomic E-state index is -0.508. The van der Waals surface area contributed by atoms with Crippen molar-refractivity contribution in [2.75, 3.05) is 26.4 Å². The van der Waals surface area contributed by atoms with Crippen LogP contribution in [0.15, 0.2) is 18.2 Å². The normalized spacial score (nSPS) is 17.6. The van der Waals surface area contributed by atoms with Gasteiger partial charge in [0.15, 0.2) is 11.5 Å². The fourth-order valence-corrected chi connectivity index (χ4v) is 1.80. The van der Waals surface area contributed by atoms with Gasteiger partial charge in [0.05, 0.1) is 12.1 Å². The number of hydrogen-bond acceptors (Lipinski definition) is 4. The lowest BCUT2D eigenvalue weighted by molar-refractivity contribution is 0.100. The molecule has 2 N–H and O–H groups in total.